The number of ether oxygens (including phenoxy) is 2. The van der Waals surface area contributed by atoms with Crippen LogP contribution in [0.15, 0.2) is 23.3 Å². The van der Waals surface area contributed by atoms with Crippen LogP contribution in [-0.2, 0) is 9.59 Å². The van der Waals surface area contributed by atoms with Crippen molar-refractivity contribution in [3.05, 3.63) is 23.8 Å². The van der Waals surface area contributed by atoms with E-state index in [1.54, 1.807) is 30.2 Å². The molecule has 0 radical (unpaired) electrons. The number of nitrogens with one attached hydrogen (secondary N) is 1. The quantitative estimate of drug-likeness (QED) is 0.513. The van der Waals surface area contributed by atoms with Crippen LogP contribution >= 0.6 is 0 Å². The summed E-state index contributed by atoms with van der Waals surface area (Å²) in [5.74, 6) is -0.0489. The Labute approximate surface area is 135 Å². The van der Waals surface area contributed by atoms with Crippen molar-refractivity contribution in [2.75, 3.05) is 27.3 Å². The molecule has 2 amide bonds. The molecule has 1 fully saturated rings. The number of rotatable bonds is 4. The van der Waals surface area contributed by atoms with Gasteiger partial charge in [0.2, 0.25) is 0 Å². The Morgan fingerprint density at radius 2 is 1.91 bits per heavy atom. The Morgan fingerprint density at radius 1 is 1.17 bits per heavy atom. The number of likely N-dealkylation sites (tertiary alicyclic amines) is 1. The molecule has 1 N–H and O–H groups in total. The molecule has 0 aromatic heterocycles. The number of hydrogen-bond acceptors (Lipinski definition) is 5. The number of hydrogen-bond donors (Lipinski definition) is 1. The summed E-state index contributed by atoms with van der Waals surface area (Å²) >= 11 is 0. The molecule has 0 atom stereocenters. The maximum Gasteiger partial charge on any atom is 0.329 e. The summed E-state index contributed by atoms with van der Waals surface area (Å²) in [7, 11) is 3.10. The maximum atomic E-state index is 11.9. The van der Waals surface area contributed by atoms with Gasteiger partial charge < -0.3 is 14.4 Å². The topological polar surface area (TPSA) is 80.2 Å². The molecule has 1 saturated heterocycles. The number of amides is 2. The minimum Gasteiger partial charge on any atom is -0.497 e. The molecule has 1 aromatic rings. The monoisotopic (exact) mass is 319 g/mol. The second-order valence-corrected chi connectivity index (χ2v) is 5.16. The van der Waals surface area contributed by atoms with E-state index < -0.39 is 11.8 Å². The molecule has 0 bridgehead atoms. The zero-order chi connectivity index (χ0) is 16.7. The third-order valence-electron chi connectivity index (χ3n) is 3.65. The molecule has 1 aliphatic rings. The number of piperidine rings is 1. The molecule has 7 heteroatoms. The maximum absolute atomic E-state index is 11.9. The smallest absolute Gasteiger partial charge is 0.329 e. The highest BCUT2D eigenvalue weighted by Gasteiger charge is 2.22. The molecule has 124 valence electrons. The Kier molecular flexibility index (Phi) is 5.96. The van der Waals surface area contributed by atoms with Gasteiger partial charge in [0.1, 0.15) is 11.5 Å². The first-order valence-corrected chi connectivity index (χ1v) is 7.50. The van der Waals surface area contributed by atoms with Gasteiger partial charge in [0.15, 0.2) is 0 Å². The van der Waals surface area contributed by atoms with Crippen LogP contribution in [0.1, 0.15) is 24.8 Å². The Morgan fingerprint density at radius 3 is 2.57 bits per heavy atom. The van der Waals surface area contributed by atoms with Crippen molar-refractivity contribution in [2.24, 2.45) is 5.10 Å². The molecule has 1 heterocycles. The molecule has 2 rings (SSSR count). The van der Waals surface area contributed by atoms with E-state index in [-0.39, 0.29) is 0 Å². The first kappa shape index (κ1) is 16.8. The minimum atomic E-state index is -0.726. The second-order valence-electron chi connectivity index (χ2n) is 5.16. The zero-order valence-corrected chi connectivity index (χ0v) is 13.4. The average molecular weight is 319 g/mol. The molecule has 23 heavy (non-hydrogen) atoms. The van der Waals surface area contributed by atoms with Crippen LogP contribution in [0.4, 0.5) is 0 Å². The van der Waals surface area contributed by atoms with E-state index in [1.807, 2.05) is 0 Å². The average Bonchev–Trinajstić information content (AvgIpc) is 2.61. The Hall–Kier alpha value is -2.57. The predicted molar refractivity (Wildman–Crippen MR) is 85.7 cm³/mol. The highest BCUT2D eigenvalue weighted by molar-refractivity contribution is 6.35. The first-order valence-electron chi connectivity index (χ1n) is 7.50. The fourth-order valence-electron chi connectivity index (χ4n) is 2.37. The fraction of sp³-hybridized carbons (Fsp3) is 0.438. The van der Waals surface area contributed by atoms with Crippen LogP contribution in [0.25, 0.3) is 0 Å². The molecule has 0 unspecified atom stereocenters. The van der Waals surface area contributed by atoms with E-state index in [4.69, 9.17) is 9.47 Å². The van der Waals surface area contributed by atoms with Gasteiger partial charge in [-0.3, -0.25) is 9.59 Å². The standard InChI is InChI=1S/C16H21N3O4/c1-22-13-7-6-12(14(10-13)23-2)11-17-18-15(20)16(21)19-8-4-3-5-9-19/h6-7,10-11H,3-5,8-9H2,1-2H3,(H,18,20)/b17-11-. The van der Waals surface area contributed by atoms with E-state index in [9.17, 15) is 9.59 Å². The summed E-state index contributed by atoms with van der Waals surface area (Å²) in [4.78, 5) is 25.3. The lowest BCUT2D eigenvalue weighted by Crippen LogP contribution is -2.43. The molecule has 7 nitrogen and oxygen atoms in total. The summed E-state index contributed by atoms with van der Waals surface area (Å²) in [6.45, 7) is 1.25. The van der Waals surface area contributed by atoms with E-state index in [0.29, 0.717) is 30.2 Å². The number of methoxy groups -OCH3 is 2. The number of hydrazone groups is 1. The van der Waals surface area contributed by atoms with E-state index >= 15 is 0 Å². The zero-order valence-electron chi connectivity index (χ0n) is 13.4. The normalized spacial score (nSPS) is 14.6. The van der Waals surface area contributed by atoms with E-state index in [1.165, 1.54) is 13.3 Å². The van der Waals surface area contributed by atoms with E-state index in [2.05, 4.69) is 10.5 Å². The van der Waals surface area contributed by atoms with Crippen LogP contribution in [0.3, 0.4) is 0 Å². The molecule has 0 aliphatic carbocycles. The van der Waals surface area contributed by atoms with Crippen LogP contribution in [0.5, 0.6) is 11.5 Å². The van der Waals surface area contributed by atoms with Crippen molar-refractivity contribution in [1.82, 2.24) is 10.3 Å². The number of nitrogens with zero attached hydrogens (tertiary/aromatic N) is 2. The highest BCUT2D eigenvalue weighted by atomic mass is 16.5. The third kappa shape index (κ3) is 4.45. The van der Waals surface area contributed by atoms with E-state index in [0.717, 1.165) is 19.3 Å². The number of benzene rings is 1. The van der Waals surface area contributed by atoms with Gasteiger partial charge in [-0.25, -0.2) is 5.43 Å². The van der Waals surface area contributed by atoms with Gasteiger partial charge in [0, 0.05) is 24.7 Å². The largest absolute Gasteiger partial charge is 0.497 e. The lowest BCUT2D eigenvalue weighted by atomic mass is 10.1. The van der Waals surface area contributed by atoms with Gasteiger partial charge in [-0.05, 0) is 31.4 Å². The van der Waals surface area contributed by atoms with Gasteiger partial charge >= 0.3 is 11.8 Å². The summed E-state index contributed by atoms with van der Waals surface area (Å²) in [5.41, 5.74) is 2.93. The Bertz CT molecular complexity index is 595. The Balaban J connectivity index is 1.95. The molecule has 0 spiro atoms. The number of carbonyl (C=O) groups is 2. The molecular weight excluding hydrogens is 298 g/mol. The highest BCUT2D eigenvalue weighted by Crippen LogP contribution is 2.22. The van der Waals surface area contributed by atoms with Crippen molar-refractivity contribution in [1.29, 1.82) is 0 Å². The van der Waals surface area contributed by atoms with Crippen LogP contribution in [0, 0.1) is 0 Å². The summed E-state index contributed by atoms with van der Waals surface area (Å²) in [6.07, 6.45) is 4.40. The van der Waals surface area contributed by atoms with Crippen molar-refractivity contribution in [3.8, 4) is 11.5 Å². The fourth-order valence-corrected chi connectivity index (χ4v) is 2.37. The van der Waals surface area contributed by atoms with Crippen LogP contribution < -0.4 is 14.9 Å². The molecule has 1 aliphatic heterocycles. The van der Waals surface area contributed by atoms with Crippen molar-refractivity contribution < 1.29 is 19.1 Å². The van der Waals surface area contributed by atoms with Crippen molar-refractivity contribution in [2.45, 2.75) is 19.3 Å². The van der Waals surface area contributed by atoms with Gasteiger partial charge in [0.25, 0.3) is 0 Å². The lowest BCUT2D eigenvalue weighted by Gasteiger charge is -2.25. The third-order valence-corrected chi connectivity index (χ3v) is 3.65. The van der Waals surface area contributed by atoms with Gasteiger partial charge in [0.05, 0.1) is 20.4 Å². The van der Waals surface area contributed by atoms with Crippen molar-refractivity contribution >= 4 is 18.0 Å². The molecular formula is C16H21N3O4. The molecule has 1 aromatic carbocycles. The summed E-state index contributed by atoms with van der Waals surface area (Å²) < 4.78 is 10.3. The van der Waals surface area contributed by atoms with Gasteiger partial charge in [-0.1, -0.05) is 0 Å². The second kappa shape index (κ2) is 8.17. The minimum absolute atomic E-state index is 0.538. The predicted octanol–water partition coefficient (Wildman–Crippen LogP) is 1.17. The van der Waals surface area contributed by atoms with Gasteiger partial charge in [-0.15, -0.1) is 0 Å². The first-order chi connectivity index (χ1) is 11.2. The van der Waals surface area contributed by atoms with Gasteiger partial charge in [-0.2, -0.15) is 5.10 Å². The van der Waals surface area contributed by atoms with Crippen LogP contribution in [0.2, 0.25) is 0 Å². The SMILES string of the molecule is COc1ccc(/C=N\NC(=O)C(=O)N2CCCCC2)c(OC)c1. The lowest BCUT2D eigenvalue weighted by molar-refractivity contribution is -0.146. The summed E-state index contributed by atoms with van der Waals surface area (Å²) in [5, 5.41) is 3.83. The number of carbonyl (C=O) groups excluding carboxylic acids is 2. The summed E-state index contributed by atoms with van der Waals surface area (Å²) in [6, 6.07) is 5.21. The van der Waals surface area contributed by atoms with Crippen LogP contribution in [-0.4, -0.2) is 50.2 Å². The van der Waals surface area contributed by atoms with Crippen molar-refractivity contribution in [3.63, 3.8) is 0 Å². The molecule has 0 saturated carbocycles.